The molecule has 0 aliphatic carbocycles. The maximum absolute atomic E-state index is 12.7. The molecule has 8 heteroatoms. The molecule has 8 nitrogen and oxygen atoms in total. The first-order valence-corrected chi connectivity index (χ1v) is 7.92. The zero-order valence-corrected chi connectivity index (χ0v) is 14.4. The molecule has 1 atom stereocenters. The Bertz CT molecular complexity index is 814. The van der Waals surface area contributed by atoms with Gasteiger partial charge in [-0.2, -0.15) is 5.10 Å². The highest BCUT2D eigenvalue weighted by Gasteiger charge is 2.31. The van der Waals surface area contributed by atoms with E-state index in [2.05, 4.69) is 15.5 Å². The summed E-state index contributed by atoms with van der Waals surface area (Å²) in [4.78, 5) is 30.8. The molecule has 0 bridgehead atoms. The van der Waals surface area contributed by atoms with Crippen molar-refractivity contribution in [3.05, 3.63) is 48.3 Å². The van der Waals surface area contributed by atoms with Crippen molar-refractivity contribution in [1.29, 1.82) is 0 Å². The molecule has 1 aliphatic heterocycles. The summed E-state index contributed by atoms with van der Waals surface area (Å²) >= 11 is 0. The maximum Gasteiger partial charge on any atom is 0.290 e. The van der Waals surface area contributed by atoms with Gasteiger partial charge in [0.2, 0.25) is 5.84 Å². The highest BCUT2D eigenvalue weighted by Crippen LogP contribution is 2.16. The van der Waals surface area contributed by atoms with E-state index < -0.39 is 6.04 Å². The van der Waals surface area contributed by atoms with Gasteiger partial charge in [0.15, 0.2) is 0 Å². The molecule has 0 fully saturated rings. The van der Waals surface area contributed by atoms with E-state index in [0.717, 1.165) is 5.56 Å². The third-order valence-corrected chi connectivity index (χ3v) is 3.86. The average molecular weight is 340 g/mol. The number of carbonyl (C=O) groups is 2. The molecular formula is C17H20N6O2. The molecule has 1 aromatic carbocycles. The summed E-state index contributed by atoms with van der Waals surface area (Å²) in [6, 6.07) is 8.48. The Morgan fingerprint density at radius 1 is 1.32 bits per heavy atom. The molecule has 130 valence electrons. The van der Waals surface area contributed by atoms with Crippen LogP contribution in [0.5, 0.6) is 0 Å². The van der Waals surface area contributed by atoms with Gasteiger partial charge < -0.3 is 4.90 Å². The topological polar surface area (TPSA) is 82.8 Å². The fourth-order valence-corrected chi connectivity index (χ4v) is 2.58. The van der Waals surface area contributed by atoms with Crippen molar-refractivity contribution in [3.63, 3.8) is 0 Å². The molecule has 1 N–H and O–H groups in total. The third kappa shape index (κ3) is 3.52. The lowest BCUT2D eigenvalue weighted by Crippen LogP contribution is -2.58. The third-order valence-electron chi connectivity index (χ3n) is 3.86. The standard InChI is InChI=1S/C17H20N6O2/c1-12-16(24)23(14-7-5-4-6-8-14)20-15(19-12)17(25)21(2)10-13-9-18-22(3)11-13/h4-9,11-12H,10H2,1-3H3,(H,19,20). The normalized spacial score (nSPS) is 17.1. The molecule has 0 saturated carbocycles. The summed E-state index contributed by atoms with van der Waals surface area (Å²) in [6.45, 7) is 2.08. The fraction of sp³-hybridized carbons (Fsp3) is 0.294. The molecule has 2 aromatic rings. The number of benzene rings is 1. The molecule has 1 unspecified atom stereocenters. The van der Waals surface area contributed by atoms with Crippen LogP contribution in [0.3, 0.4) is 0 Å². The van der Waals surface area contributed by atoms with Crippen LogP contribution >= 0.6 is 0 Å². The predicted molar refractivity (Wildman–Crippen MR) is 93.6 cm³/mol. The number of likely N-dealkylation sites (N-methyl/N-ethyl adjacent to an activating group) is 1. The summed E-state index contributed by atoms with van der Waals surface area (Å²) in [7, 11) is 3.51. The number of hydrogen-bond donors (Lipinski definition) is 1. The van der Waals surface area contributed by atoms with E-state index in [4.69, 9.17) is 0 Å². The van der Waals surface area contributed by atoms with Gasteiger partial charge in [-0.3, -0.25) is 19.7 Å². The lowest BCUT2D eigenvalue weighted by Gasteiger charge is -2.31. The molecule has 25 heavy (non-hydrogen) atoms. The van der Waals surface area contributed by atoms with Gasteiger partial charge in [0.05, 0.1) is 11.9 Å². The zero-order valence-electron chi connectivity index (χ0n) is 14.4. The van der Waals surface area contributed by atoms with Crippen LogP contribution in [0.2, 0.25) is 0 Å². The van der Waals surface area contributed by atoms with Crippen molar-refractivity contribution in [2.24, 2.45) is 12.0 Å². The Hall–Kier alpha value is -3.16. The minimum Gasteiger partial charge on any atom is -0.335 e. The van der Waals surface area contributed by atoms with Crippen LogP contribution in [0.15, 0.2) is 47.7 Å². The lowest BCUT2D eigenvalue weighted by atomic mass is 10.2. The van der Waals surface area contributed by atoms with E-state index in [-0.39, 0.29) is 17.6 Å². The van der Waals surface area contributed by atoms with Gasteiger partial charge in [0.25, 0.3) is 11.8 Å². The van der Waals surface area contributed by atoms with Crippen LogP contribution < -0.4 is 10.4 Å². The number of amidine groups is 1. The number of aryl methyl sites for hydroxylation is 1. The number of nitrogens with zero attached hydrogens (tertiary/aromatic N) is 5. The molecular weight excluding hydrogens is 320 g/mol. The van der Waals surface area contributed by atoms with E-state index in [1.807, 2.05) is 31.4 Å². The number of rotatable bonds is 4. The Morgan fingerprint density at radius 3 is 2.68 bits per heavy atom. The van der Waals surface area contributed by atoms with E-state index in [9.17, 15) is 9.59 Å². The molecule has 0 saturated heterocycles. The van der Waals surface area contributed by atoms with Crippen LogP contribution in [-0.4, -0.2) is 45.4 Å². The van der Waals surface area contributed by atoms with Crippen molar-refractivity contribution in [3.8, 4) is 0 Å². The fourth-order valence-electron chi connectivity index (χ4n) is 2.58. The monoisotopic (exact) mass is 340 g/mol. The second kappa shape index (κ2) is 6.76. The number of amides is 2. The van der Waals surface area contributed by atoms with Crippen LogP contribution in [0.1, 0.15) is 12.5 Å². The highest BCUT2D eigenvalue weighted by molar-refractivity contribution is 6.39. The van der Waals surface area contributed by atoms with E-state index in [0.29, 0.717) is 12.2 Å². The molecule has 2 amide bonds. The summed E-state index contributed by atoms with van der Waals surface area (Å²) in [5.74, 6) is -0.357. The Balaban J connectivity index is 1.77. The van der Waals surface area contributed by atoms with E-state index in [1.165, 1.54) is 9.91 Å². The first kappa shape index (κ1) is 16.7. The van der Waals surface area contributed by atoms with E-state index in [1.54, 1.807) is 37.0 Å². The van der Waals surface area contributed by atoms with Crippen molar-refractivity contribution >= 4 is 23.3 Å². The molecule has 3 rings (SSSR count). The van der Waals surface area contributed by atoms with Crippen LogP contribution in [0, 0.1) is 0 Å². The van der Waals surface area contributed by atoms with Gasteiger partial charge in [0, 0.05) is 32.4 Å². The molecule has 1 aromatic heterocycles. The highest BCUT2D eigenvalue weighted by atomic mass is 16.2. The lowest BCUT2D eigenvalue weighted by molar-refractivity contribution is -0.124. The SMILES string of the molecule is CC1N=C(C(=O)N(C)Cc2cnn(C)c2)NN(c2ccccc2)C1=O. The number of nitrogens with one attached hydrogen (secondary N) is 1. The van der Waals surface area contributed by atoms with Gasteiger partial charge in [-0.25, -0.2) is 10.0 Å². The molecule has 2 heterocycles. The quantitative estimate of drug-likeness (QED) is 0.889. The first-order chi connectivity index (χ1) is 12.0. The van der Waals surface area contributed by atoms with Crippen LogP contribution in [0.25, 0.3) is 0 Å². The summed E-state index contributed by atoms with van der Waals surface area (Å²) in [5, 5.41) is 5.46. The van der Waals surface area contributed by atoms with Crippen molar-refractivity contribution in [1.82, 2.24) is 20.1 Å². The summed E-state index contributed by atoms with van der Waals surface area (Å²) in [6.07, 6.45) is 3.56. The zero-order chi connectivity index (χ0) is 18.0. The van der Waals surface area contributed by atoms with Gasteiger partial charge in [-0.05, 0) is 19.1 Å². The largest absolute Gasteiger partial charge is 0.335 e. The second-order valence-electron chi connectivity index (χ2n) is 5.96. The second-order valence-corrected chi connectivity index (χ2v) is 5.96. The van der Waals surface area contributed by atoms with Gasteiger partial charge in [-0.15, -0.1) is 0 Å². The number of hydrazine groups is 1. The number of hydrogen-bond acceptors (Lipinski definition) is 5. The first-order valence-electron chi connectivity index (χ1n) is 7.92. The van der Waals surface area contributed by atoms with Crippen LogP contribution in [0.4, 0.5) is 5.69 Å². The molecule has 0 radical (unpaired) electrons. The van der Waals surface area contributed by atoms with Crippen molar-refractivity contribution in [2.75, 3.05) is 12.1 Å². The molecule has 0 spiro atoms. The van der Waals surface area contributed by atoms with Gasteiger partial charge >= 0.3 is 0 Å². The molecule has 1 aliphatic rings. The summed E-state index contributed by atoms with van der Waals surface area (Å²) in [5.41, 5.74) is 4.42. The average Bonchev–Trinajstić information content (AvgIpc) is 3.02. The van der Waals surface area contributed by atoms with Crippen molar-refractivity contribution in [2.45, 2.75) is 19.5 Å². The number of aliphatic imine (C=N–C) groups is 1. The maximum atomic E-state index is 12.7. The number of para-hydroxylation sites is 1. The van der Waals surface area contributed by atoms with Gasteiger partial charge in [0.1, 0.15) is 6.04 Å². The van der Waals surface area contributed by atoms with Crippen molar-refractivity contribution < 1.29 is 9.59 Å². The number of carbonyl (C=O) groups excluding carboxylic acids is 2. The predicted octanol–water partition coefficient (Wildman–Crippen LogP) is 0.717. The Kier molecular flexibility index (Phi) is 4.51. The van der Waals surface area contributed by atoms with Crippen LogP contribution in [-0.2, 0) is 23.2 Å². The Morgan fingerprint density at radius 2 is 2.04 bits per heavy atom. The summed E-state index contributed by atoms with van der Waals surface area (Å²) < 4.78 is 1.68. The minimum absolute atomic E-state index is 0.141. The van der Waals surface area contributed by atoms with Gasteiger partial charge in [-0.1, -0.05) is 18.2 Å². The smallest absolute Gasteiger partial charge is 0.290 e. The number of aromatic nitrogens is 2. The van der Waals surface area contributed by atoms with E-state index >= 15 is 0 Å². The minimum atomic E-state index is -0.632. The number of anilines is 1. The Labute approximate surface area is 145 Å².